The minimum absolute atomic E-state index is 0.561. The van der Waals surface area contributed by atoms with Crippen molar-refractivity contribution in [2.45, 2.75) is 13.0 Å². The van der Waals surface area contributed by atoms with Gasteiger partial charge >= 0.3 is 0 Å². The smallest absolute Gasteiger partial charge is 0.206 e. The summed E-state index contributed by atoms with van der Waals surface area (Å²) in [4.78, 5) is 0. The highest BCUT2D eigenvalue weighted by molar-refractivity contribution is 7.15. The molecule has 4 aromatic rings. The van der Waals surface area contributed by atoms with E-state index >= 15 is 0 Å². The van der Waals surface area contributed by atoms with Crippen molar-refractivity contribution in [3.05, 3.63) is 71.1 Å². The Morgan fingerprint density at radius 1 is 0.913 bits per heavy atom. The summed E-state index contributed by atoms with van der Waals surface area (Å²) in [5, 5.41) is 21.8. The molecule has 1 aromatic carbocycles. The first-order valence-corrected chi connectivity index (χ1v) is 8.09. The zero-order chi connectivity index (χ0) is 15.5. The predicted octanol–water partition coefficient (Wildman–Crippen LogP) is 2.78. The first kappa shape index (κ1) is 13.8. The average Bonchev–Trinajstić information content (AvgIpc) is 3.21. The molecule has 23 heavy (non-hydrogen) atoms. The number of pyridine rings is 1. The van der Waals surface area contributed by atoms with Crippen molar-refractivity contribution in [2.75, 3.05) is 5.32 Å². The lowest BCUT2D eigenvalue weighted by atomic mass is 10.2. The van der Waals surface area contributed by atoms with Crippen LogP contribution < -0.4 is 5.32 Å². The summed E-state index contributed by atoms with van der Waals surface area (Å²) in [6.07, 6.45) is 2.75. The van der Waals surface area contributed by atoms with E-state index < -0.39 is 0 Å². The second-order valence-electron chi connectivity index (χ2n) is 5.06. The highest BCUT2D eigenvalue weighted by atomic mass is 32.1. The van der Waals surface area contributed by atoms with Gasteiger partial charge in [-0.15, -0.1) is 20.4 Å². The molecule has 3 heterocycles. The third-order valence-corrected chi connectivity index (χ3v) is 4.33. The molecule has 0 aliphatic rings. The van der Waals surface area contributed by atoms with Crippen molar-refractivity contribution in [1.29, 1.82) is 0 Å². The van der Waals surface area contributed by atoms with E-state index in [9.17, 15) is 0 Å². The standard InChI is InChI=1S/C16H14N6S/c1-2-6-12(7-3-1)10-15-20-21-16(23-15)17-11-14-19-18-13-8-4-5-9-22(13)14/h1-9H,10-11H2,(H,17,21). The van der Waals surface area contributed by atoms with E-state index in [4.69, 9.17) is 0 Å². The van der Waals surface area contributed by atoms with Crippen molar-refractivity contribution < 1.29 is 0 Å². The van der Waals surface area contributed by atoms with Crippen molar-refractivity contribution in [1.82, 2.24) is 24.8 Å². The molecule has 3 aromatic heterocycles. The second kappa shape index (κ2) is 6.13. The molecular formula is C16H14N6S. The number of benzene rings is 1. The molecule has 0 saturated carbocycles. The Morgan fingerprint density at radius 2 is 1.78 bits per heavy atom. The Morgan fingerprint density at radius 3 is 2.70 bits per heavy atom. The van der Waals surface area contributed by atoms with Gasteiger partial charge in [-0.1, -0.05) is 47.7 Å². The molecule has 0 atom stereocenters. The monoisotopic (exact) mass is 322 g/mol. The summed E-state index contributed by atoms with van der Waals surface area (Å²) in [6, 6.07) is 16.1. The Kier molecular flexibility index (Phi) is 3.69. The van der Waals surface area contributed by atoms with E-state index in [1.807, 2.05) is 47.0 Å². The van der Waals surface area contributed by atoms with Crippen molar-refractivity contribution in [3.8, 4) is 0 Å². The molecule has 0 radical (unpaired) electrons. The molecule has 6 nitrogen and oxygen atoms in total. The van der Waals surface area contributed by atoms with E-state index in [2.05, 4.69) is 37.8 Å². The second-order valence-corrected chi connectivity index (χ2v) is 6.12. The van der Waals surface area contributed by atoms with Crippen LogP contribution in [0.4, 0.5) is 5.13 Å². The predicted molar refractivity (Wildman–Crippen MR) is 89.5 cm³/mol. The molecule has 0 fully saturated rings. The number of fused-ring (bicyclic) bond motifs is 1. The van der Waals surface area contributed by atoms with Crippen molar-refractivity contribution >= 4 is 22.1 Å². The zero-order valence-electron chi connectivity index (χ0n) is 12.3. The average molecular weight is 322 g/mol. The lowest BCUT2D eigenvalue weighted by molar-refractivity contribution is 0.908. The van der Waals surface area contributed by atoms with Crippen molar-refractivity contribution in [2.24, 2.45) is 0 Å². The quantitative estimate of drug-likeness (QED) is 0.612. The molecule has 0 amide bonds. The fourth-order valence-electron chi connectivity index (χ4n) is 2.33. The van der Waals surface area contributed by atoms with E-state index in [-0.39, 0.29) is 0 Å². The Balaban J connectivity index is 1.44. The van der Waals surface area contributed by atoms with Gasteiger partial charge in [0.25, 0.3) is 0 Å². The van der Waals surface area contributed by atoms with Crippen molar-refractivity contribution in [3.63, 3.8) is 0 Å². The molecule has 0 aliphatic heterocycles. The maximum absolute atomic E-state index is 4.24. The minimum Gasteiger partial charge on any atom is -0.353 e. The van der Waals surface area contributed by atoms with E-state index in [1.54, 1.807) is 11.3 Å². The lowest BCUT2D eigenvalue weighted by Gasteiger charge is -2.00. The Labute approximate surface area is 136 Å². The summed E-state index contributed by atoms with van der Waals surface area (Å²) >= 11 is 1.56. The zero-order valence-corrected chi connectivity index (χ0v) is 13.1. The van der Waals surface area contributed by atoms with E-state index in [0.717, 1.165) is 28.0 Å². The minimum atomic E-state index is 0.561. The van der Waals surface area contributed by atoms with E-state index in [0.29, 0.717) is 6.54 Å². The number of hydrogen-bond donors (Lipinski definition) is 1. The third kappa shape index (κ3) is 3.04. The number of nitrogens with one attached hydrogen (secondary N) is 1. The van der Waals surface area contributed by atoms with Crippen LogP contribution in [0.25, 0.3) is 5.65 Å². The third-order valence-electron chi connectivity index (χ3n) is 3.45. The van der Waals surface area contributed by atoms with Crippen LogP contribution >= 0.6 is 11.3 Å². The number of anilines is 1. The van der Waals surface area contributed by atoms with Gasteiger partial charge in [0.05, 0.1) is 6.54 Å². The Bertz CT molecular complexity index is 914. The van der Waals surface area contributed by atoms with Crippen LogP contribution in [-0.2, 0) is 13.0 Å². The van der Waals surface area contributed by atoms with Gasteiger partial charge in [-0.2, -0.15) is 0 Å². The summed E-state index contributed by atoms with van der Waals surface area (Å²) in [7, 11) is 0. The van der Waals surface area contributed by atoms with Crippen LogP contribution in [0, 0.1) is 0 Å². The van der Waals surface area contributed by atoms with Crippen LogP contribution in [0.1, 0.15) is 16.4 Å². The summed E-state index contributed by atoms with van der Waals surface area (Å²) in [6.45, 7) is 0.561. The molecule has 0 saturated heterocycles. The molecule has 7 heteroatoms. The van der Waals surface area contributed by atoms with Crippen LogP contribution in [0.2, 0.25) is 0 Å². The van der Waals surface area contributed by atoms with Gasteiger partial charge in [0.15, 0.2) is 11.5 Å². The van der Waals surface area contributed by atoms with Crippen LogP contribution in [0.15, 0.2) is 54.7 Å². The Hall–Kier alpha value is -2.80. The highest BCUT2D eigenvalue weighted by Crippen LogP contribution is 2.19. The molecule has 0 aliphatic carbocycles. The molecular weight excluding hydrogens is 308 g/mol. The molecule has 0 spiro atoms. The molecule has 0 unspecified atom stereocenters. The summed E-state index contributed by atoms with van der Waals surface area (Å²) in [5.41, 5.74) is 2.07. The van der Waals surface area contributed by atoms with Gasteiger partial charge in [-0.3, -0.25) is 4.40 Å². The fourth-order valence-corrected chi connectivity index (χ4v) is 3.10. The number of nitrogens with zero attached hydrogens (tertiary/aromatic N) is 5. The van der Waals surface area contributed by atoms with Crippen LogP contribution in [0.5, 0.6) is 0 Å². The first-order chi connectivity index (χ1) is 11.4. The topological polar surface area (TPSA) is 68.0 Å². The maximum atomic E-state index is 4.24. The first-order valence-electron chi connectivity index (χ1n) is 7.27. The molecule has 4 rings (SSSR count). The lowest BCUT2D eigenvalue weighted by Crippen LogP contribution is -2.03. The van der Waals surface area contributed by atoms with E-state index in [1.165, 1.54) is 5.56 Å². The van der Waals surface area contributed by atoms with Gasteiger partial charge in [-0.25, -0.2) is 0 Å². The number of hydrogen-bond acceptors (Lipinski definition) is 6. The molecule has 1 N–H and O–H groups in total. The fraction of sp³-hybridized carbons (Fsp3) is 0.125. The van der Waals surface area contributed by atoms with Gasteiger partial charge in [0, 0.05) is 12.6 Å². The summed E-state index contributed by atoms with van der Waals surface area (Å²) < 4.78 is 1.96. The number of rotatable bonds is 5. The maximum Gasteiger partial charge on any atom is 0.206 e. The molecule has 0 bridgehead atoms. The van der Waals surface area contributed by atoms with Crippen LogP contribution in [-0.4, -0.2) is 24.8 Å². The number of aromatic nitrogens is 5. The highest BCUT2D eigenvalue weighted by Gasteiger charge is 2.08. The molecule has 114 valence electrons. The largest absolute Gasteiger partial charge is 0.353 e. The SMILES string of the molecule is c1ccc(Cc2nnc(NCc3nnc4ccccn34)s2)cc1. The van der Waals surface area contributed by atoms with Gasteiger partial charge < -0.3 is 5.32 Å². The van der Waals surface area contributed by atoms with Gasteiger partial charge in [0.1, 0.15) is 5.01 Å². The van der Waals surface area contributed by atoms with Gasteiger partial charge in [-0.05, 0) is 17.7 Å². The summed E-state index contributed by atoms with van der Waals surface area (Å²) in [5.74, 6) is 0.848. The van der Waals surface area contributed by atoms with Crippen LogP contribution in [0.3, 0.4) is 0 Å². The van der Waals surface area contributed by atoms with Gasteiger partial charge in [0.2, 0.25) is 5.13 Å². The normalized spacial score (nSPS) is 11.0.